The molecule has 25 heavy (non-hydrogen) atoms. The average molecular weight is 335 g/mol. The molecule has 1 atom stereocenters. The van der Waals surface area contributed by atoms with E-state index in [0.29, 0.717) is 17.3 Å². The third kappa shape index (κ3) is 3.76. The van der Waals surface area contributed by atoms with Gasteiger partial charge in [0.15, 0.2) is 0 Å². The summed E-state index contributed by atoms with van der Waals surface area (Å²) in [6.45, 7) is 6.03. The molecule has 0 radical (unpaired) electrons. The number of nitrogens with one attached hydrogen (secondary N) is 1. The van der Waals surface area contributed by atoms with Crippen molar-refractivity contribution >= 4 is 5.91 Å². The first-order chi connectivity index (χ1) is 12.1. The lowest BCUT2D eigenvalue weighted by Gasteiger charge is -2.11. The van der Waals surface area contributed by atoms with Gasteiger partial charge >= 0.3 is 0 Å². The number of amides is 1. The monoisotopic (exact) mass is 335 g/mol. The van der Waals surface area contributed by atoms with Crippen LogP contribution in [-0.4, -0.2) is 22.1 Å². The van der Waals surface area contributed by atoms with Crippen LogP contribution >= 0.6 is 0 Å². The highest BCUT2D eigenvalue weighted by Gasteiger charge is 2.13. The Balaban J connectivity index is 1.80. The minimum atomic E-state index is -0.0768. The summed E-state index contributed by atoms with van der Waals surface area (Å²) in [5.41, 5.74) is 3.40. The molecule has 3 aromatic rings. The van der Waals surface area contributed by atoms with Gasteiger partial charge in [0.25, 0.3) is 5.91 Å². The molecular weight excluding hydrogens is 314 g/mol. The van der Waals surface area contributed by atoms with Crippen LogP contribution in [0.4, 0.5) is 0 Å². The maximum absolute atomic E-state index is 12.1. The number of carbonyl (C=O) groups is 1. The van der Waals surface area contributed by atoms with Gasteiger partial charge in [0.1, 0.15) is 0 Å². The van der Waals surface area contributed by atoms with Gasteiger partial charge in [-0.2, -0.15) is 0 Å². The highest BCUT2D eigenvalue weighted by atomic mass is 16.4. The van der Waals surface area contributed by atoms with Gasteiger partial charge < -0.3 is 9.73 Å². The summed E-state index contributed by atoms with van der Waals surface area (Å²) in [5, 5.41) is 11.2. The van der Waals surface area contributed by atoms with Crippen LogP contribution < -0.4 is 5.32 Å². The first kappa shape index (κ1) is 16.9. The smallest absolute Gasteiger partial charge is 0.251 e. The molecule has 0 fully saturated rings. The zero-order chi connectivity index (χ0) is 17.8. The molecule has 0 saturated carbocycles. The summed E-state index contributed by atoms with van der Waals surface area (Å²) < 4.78 is 5.80. The molecule has 1 heterocycles. The van der Waals surface area contributed by atoms with Crippen LogP contribution in [0.5, 0.6) is 0 Å². The zero-order valence-electron chi connectivity index (χ0n) is 14.6. The molecule has 5 nitrogen and oxygen atoms in total. The Morgan fingerprint density at radius 2 is 1.76 bits per heavy atom. The second-order valence-corrected chi connectivity index (χ2v) is 6.09. The lowest BCUT2D eigenvalue weighted by molar-refractivity contribution is 0.0939. The van der Waals surface area contributed by atoms with E-state index in [1.807, 2.05) is 57.2 Å². The molecule has 0 spiro atoms. The van der Waals surface area contributed by atoms with Gasteiger partial charge in [0.05, 0.1) is 0 Å². The third-order valence-electron chi connectivity index (χ3n) is 4.18. The van der Waals surface area contributed by atoms with E-state index in [2.05, 4.69) is 15.5 Å². The Hall–Kier alpha value is -2.95. The molecule has 1 aromatic heterocycles. The number of hydrogen-bond donors (Lipinski definition) is 1. The molecule has 2 aromatic carbocycles. The van der Waals surface area contributed by atoms with Crippen molar-refractivity contribution in [1.82, 2.24) is 15.5 Å². The number of aromatic nitrogens is 2. The Morgan fingerprint density at radius 3 is 2.44 bits per heavy atom. The van der Waals surface area contributed by atoms with Gasteiger partial charge in [-0.25, -0.2) is 0 Å². The molecule has 0 aliphatic heterocycles. The first-order valence-corrected chi connectivity index (χ1v) is 8.39. The van der Waals surface area contributed by atoms with Crippen molar-refractivity contribution in [3.05, 3.63) is 59.7 Å². The number of benzene rings is 2. The zero-order valence-corrected chi connectivity index (χ0v) is 14.6. The van der Waals surface area contributed by atoms with E-state index in [9.17, 15) is 4.79 Å². The lowest BCUT2D eigenvalue weighted by atomic mass is 10.1. The number of hydrogen-bond acceptors (Lipinski definition) is 4. The van der Waals surface area contributed by atoms with E-state index < -0.39 is 0 Å². The second kappa shape index (κ2) is 7.30. The minimum Gasteiger partial charge on any atom is -0.416 e. The SMILES string of the molecule is CCC(C)NC(=O)c1ccc(-c2nnc(-c3ccccc3C)o2)cc1. The Labute approximate surface area is 147 Å². The number of carbonyl (C=O) groups excluding carboxylic acids is 1. The summed E-state index contributed by atoms with van der Waals surface area (Å²) in [5.74, 6) is 0.853. The van der Waals surface area contributed by atoms with Crippen molar-refractivity contribution in [3.8, 4) is 22.9 Å². The molecule has 0 aliphatic rings. The third-order valence-corrected chi connectivity index (χ3v) is 4.18. The summed E-state index contributed by atoms with van der Waals surface area (Å²) in [7, 11) is 0. The summed E-state index contributed by atoms with van der Waals surface area (Å²) in [6.07, 6.45) is 0.896. The molecular formula is C20H21N3O2. The van der Waals surface area contributed by atoms with Crippen molar-refractivity contribution in [2.24, 2.45) is 0 Å². The summed E-state index contributed by atoms with van der Waals surface area (Å²) in [6, 6.07) is 15.2. The standard InChI is InChI=1S/C20H21N3O2/c1-4-14(3)21-18(24)15-9-11-16(12-10-15)19-22-23-20(25-19)17-8-6-5-7-13(17)2/h5-12,14H,4H2,1-3H3,(H,21,24). The number of aryl methyl sites for hydroxylation is 1. The number of rotatable bonds is 5. The van der Waals surface area contributed by atoms with Crippen LogP contribution in [0.15, 0.2) is 52.9 Å². The topological polar surface area (TPSA) is 68.0 Å². The summed E-state index contributed by atoms with van der Waals surface area (Å²) in [4.78, 5) is 12.1. The quantitative estimate of drug-likeness (QED) is 0.757. The van der Waals surface area contributed by atoms with Crippen LogP contribution in [-0.2, 0) is 0 Å². The molecule has 5 heteroatoms. The van der Waals surface area contributed by atoms with Crippen LogP contribution in [0, 0.1) is 6.92 Å². The van der Waals surface area contributed by atoms with E-state index in [-0.39, 0.29) is 11.9 Å². The summed E-state index contributed by atoms with van der Waals surface area (Å²) >= 11 is 0. The molecule has 0 saturated heterocycles. The van der Waals surface area contributed by atoms with Crippen molar-refractivity contribution in [1.29, 1.82) is 0 Å². The fourth-order valence-corrected chi connectivity index (χ4v) is 2.43. The second-order valence-electron chi connectivity index (χ2n) is 6.09. The van der Waals surface area contributed by atoms with Crippen LogP contribution in [0.25, 0.3) is 22.9 Å². The van der Waals surface area contributed by atoms with Crippen molar-refractivity contribution in [2.45, 2.75) is 33.2 Å². The van der Waals surface area contributed by atoms with Crippen LogP contribution in [0.1, 0.15) is 36.2 Å². The largest absolute Gasteiger partial charge is 0.416 e. The maximum atomic E-state index is 12.1. The lowest BCUT2D eigenvalue weighted by Crippen LogP contribution is -2.31. The van der Waals surface area contributed by atoms with E-state index in [0.717, 1.165) is 23.1 Å². The molecule has 0 bridgehead atoms. The van der Waals surface area contributed by atoms with E-state index in [4.69, 9.17) is 4.42 Å². The molecule has 128 valence electrons. The van der Waals surface area contributed by atoms with Gasteiger partial charge in [-0.15, -0.1) is 10.2 Å². The minimum absolute atomic E-state index is 0.0768. The van der Waals surface area contributed by atoms with Crippen molar-refractivity contribution in [2.75, 3.05) is 0 Å². The Morgan fingerprint density at radius 1 is 1.08 bits per heavy atom. The Kier molecular flexibility index (Phi) is 4.93. The molecule has 1 amide bonds. The van der Waals surface area contributed by atoms with E-state index in [1.54, 1.807) is 12.1 Å². The fraction of sp³-hybridized carbons (Fsp3) is 0.250. The first-order valence-electron chi connectivity index (χ1n) is 8.39. The maximum Gasteiger partial charge on any atom is 0.251 e. The molecule has 1 unspecified atom stereocenters. The van der Waals surface area contributed by atoms with Gasteiger partial charge in [0.2, 0.25) is 11.8 Å². The molecule has 1 N–H and O–H groups in total. The van der Waals surface area contributed by atoms with E-state index in [1.165, 1.54) is 0 Å². The van der Waals surface area contributed by atoms with Crippen LogP contribution in [0.3, 0.4) is 0 Å². The van der Waals surface area contributed by atoms with Gasteiger partial charge in [-0.3, -0.25) is 4.79 Å². The predicted molar refractivity (Wildman–Crippen MR) is 97.1 cm³/mol. The highest BCUT2D eigenvalue weighted by molar-refractivity contribution is 5.94. The van der Waals surface area contributed by atoms with Crippen LogP contribution in [0.2, 0.25) is 0 Å². The molecule has 0 aliphatic carbocycles. The molecule has 3 rings (SSSR count). The predicted octanol–water partition coefficient (Wildman–Crippen LogP) is 4.24. The van der Waals surface area contributed by atoms with Gasteiger partial charge in [-0.1, -0.05) is 25.1 Å². The van der Waals surface area contributed by atoms with E-state index >= 15 is 0 Å². The van der Waals surface area contributed by atoms with Gasteiger partial charge in [0, 0.05) is 22.7 Å². The normalized spacial score (nSPS) is 12.0. The highest BCUT2D eigenvalue weighted by Crippen LogP contribution is 2.26. The van der Waals surface area contributed by atoms with Gasteiger partial charge in [-0.05, 0) is 56.2 Å². The number of nitrogens with zero attached hydrogens (tertiary/aromatic N) is 2. The van der Waals surface area contributed by atoms with Crippen molar-refractivity contribution < 1.29 is 9.21 Å². The fourth-order valence-electron chi connectivity index (χ4n) is 2.43. The average Bonchev–Trinajstić information content (AvgIpc) is 3.12. The van der Waals surface area contributed by atoms with Crippen molar-refractivity contribution in [3.63, 3.8) is 0 Å². The Bertz CT molecular complexity index is 869.